The van der Waals surface area contributed by atoms with Crippen molar-refractivity contribution in [3.63, 3.8) is 0 Å². The number of nitrogens with zero attached hydrogens (tertiary/aromatic N) is 1. The number of likely N-dealkylation sites (tertiary alicyclic amines) is 1. The topological polar surface area (TPSA) is 84.7 Å². The number of rotatable bonds is 8. The molecule has 1 fully saturated rings. The van der Waals surface area contributed by atoms with Crippen molar-refractivity contribution in [3.05, 3.63) is 65.2 Å². The number of ether oxygens (including phenoxy) is 1. The number of carbonyl (C=O) groups excluding carboxylic acids is 2. The Labute approximate surface area is 165 Å². The van der Waals surface area contributed by atoms with E-state index >= 15 is 0 Å². The maximum absolute atomic E-state index is 12.2. The molecule has 1 heterocycles. The standard InChI is InChI=1S/C22H27N3O3/c23-22(27)17-9-6-10-20(13-17)28-16-21(26)24-14-18-7-2-3-8-19(18)15-25-11-4-1-5-12-25/h2-3,6-10,13H,1,4-5,11-12,14-16H2,(H2,23,27)(H,24,26). The summed E-state index contributed by atoms with van der Waals surface area (Å²) in [6.45, 7) is 3.55. The van der Waals surface area contributed by atoms with Gasteiger partial charge in [0.1, 0.15) is 5.75 Å². The molecule has 0 spiro atoms. The molecule has 0 atom stereocenters. The molecule has 3 N–H and O–H groups in total. The molecule has 2 amide bonds. The minimum Gasteiger partial charge on any atom is -0.484 e. The molecular formula is C22H27N3O3. The summed E-state index contributed by atoms with van der Waals surface area (Å²) in [5.41, 5.74) is 7.98. The van der Waals surface area contributed by atoms with Gasteiger partial charge in [0.05, 0.1) is 0 Å². The van der Waals surface area contributed by atoms with Crippen molar-refractivity contribution < 1.29 is 14.3 Å². The molecule has 2 aromatic carbocycles. The molecule has 2 aromatic rings. The van der Waals surface area contributed by atoms with Crippen molar-refractivity contribution in [1.29, 1.82) is 0 Å². The zero-order chi connectivity index (χ0) is 19.8. The van der Waals surface area contributed by atoms with Crippen LogP contribution in [0, 0.1) is 0 Å². The molecule has 0 aliphatic carbocycles. The Morgan fingerprint density at radius 2 is 1.75 bits per heavy atom. The molecule has 1 saturated heterocycles. The lowest BCUT2D eigenvalue weighted by Crippen LogP contribution is -2.31. The molecule has 0 saturated carbocycles. The van der Waals surface area contributed by atoms with Crippen molar-refractivity contribution >= 4 is 11.8 Å². The monoisotopic (exact) mass is 381 g/mol. The highest BCUT2D eigenvalue weighted by atomic mass is 16.5. The van der Waals surface area contributed by atoms with Gasteiger partial charge in [-0.1, -0.05) is 36.8 Å². The van der Waals surface area contributed by atoms with Crippen LogP contribution in [0.15, 0.2) is 48.5 Å². The lowest BCUT2D eigenvalue weighted by atomic mass is 10.0. The summed E-state index contributed by atoms with van der Waals surface area (Å²) in [6, 6.07) is 14.7. The summed E-state index contributed by atoms with van der Waals surface area (Å²) >= 11 is 0. The predicted octanol–water partition coefficient (Wildman–Crippen LogP) is 2.47. The summed E-state index contributed by atoms with van der Waals surface area (Å²) in [5, 5.41) is 2.91. The van der Waals surface area contributed by atoms with Crippen LogP contribution in [0.3, 0.4) is 0 Å². The minimum atomic E-state index is -0.528. The molecule has 6 nitrogen and oxygen atoms in total. The van der Waals surface area contributed by atoms with E-state index in [9.17, 15) is 9.59 Å². The number of piperidine rings is 1. The first-order valence-electron chi connectivity index (χ1n) is 9.70. The maximum Gasteiger partial charge on any atom is 0.258 e. The molecule has 1 aliphatic heterocycles. The number of nitrogens with one attached hydrogen (secondary N) is 1. The molecule has 6 heteroatoms. The Hall–Kier alpha value is -2.86. The van der Waals surface area contributed by atoms with E-state index in [0.717, 1.165) is 25.2 Å². The number of nitrogens with two attached hydrogens (primary N) is 1. The second kappa shape index (κ2) is 9.90. The fraction of sp³-hybridized carbons (Fsp3) is 0.364. The smallest absolute Gasteiger partial charge is 0.258 e. The van der Waals surface area contributed by atoms with E-state index in [1.807, 2.05) is 12.1 Å². The second-order valence-corrected chi connectivity index (χ2v) is 7.06. The highest BCUT2D eigenvalue weighted by Crippen LogP contribution is 2.16. The SMILES string of the molecule is NC(=O)c1cccc(OCC(=O)NCc2ccccc2CN2CCCCC2)c1. The zero-order valence-corrected chi connectivity index (χ0v) is 16.0. The van der Waals surface area contributed by atoms with Gasteiger partial charge in [0, 0.05) is 18.7 Å². The van der Waals surface area contributed by atoms with Gasteiger partial charge in [-0.15, -0.1) is 0 Å². The Kier molecular flexibility index (Phi) is 7.03. The highest BCUT2D eigenvalue weighted by molar-refractivity contribution is 5.93. The van der Waals surface area contributed by atoms with Crippen LogP contribution >= 0.6 is 0 Å². The summed E-state index contributed by atoms with van der Waals surface area (Å²) in [5.74, 6) is -0.297. The zero-order valence-electron chi connectivity index (χ0n) is 16.0. The van der Waals surface area contributed by atoms with Crippen LogP contribution in [0.1, 0.15) is 40.7 Å². The number of benzene rings is 2. The number of primary amides is 1. The van der Waals surface area contributed by atoms with Crippen LogP contribution in [0.2, 0.25) is 0 Å². The molecule has 0 aromatic heterocycles. The molecule has 0 radical (unpaired) electrons. The summed E-state index contributed by atoms with van der Waals surface area (Å²) in [7, 11) is 0. The number of carbonyl (C=O) groups is 2. The molecule has 148 valence electrons. The Morgan fingerprint density at radius 1 is 1.00 bits per heavy atom. The Bertz CT molecular complexity index is 816. The third kappa shape index (κ3) is 5.82. The normalized spacial score (nSPS) is 14.4. The summed E-state index contributed by atoms with van der Waals surface area (Å²) in [6.07, 6.45) is 3.83. The first-order valence-corrected chi connectivity index (χ1v) is 9.70. The highest BCUT2D eigenvalue weighted by Gasteiger charge is 2.13. The molecular weight excluding hydrogens is 354 g/mol. The lowest BCUT2D eigenvalue weighted by Gasteiger charge is -2.27. The van der Waals surface area contributed by atoms with Crippen LogP contribution in [0.25, 0.3) is 0 Å². The van der Waals surface area contributed by atoms with Crippen molar-refractivity contribution in [1.82, 2.24) is 10.2 Å². The van der Waals surface area contributed by atoms with Gasteiger partial charge in [-0.3, -0.25) is 14.5 Å². The third-order valence-corrected chi connectivity index (χ3v) is 4.93. The number of amides is 2. The first kappa shape index (κ1) is 19.9. The van der Waals surface area contributed by atoms with E-state index in [4.69, 9.17) is 10.5 Å². The van der Waals surface area contributed by atoms with E-state index in [-0.39, 0.29) is 12.5 Å². The van der Waals surface area contributed by atoms with Crippen LogP contribution in [0.4, 0.5) is 0 Å². The summed E-state index contributed by atoms with van der Waals surface area (Å²) in [4.78, 5) is 25.9. The van der Waals surface area contributed by atoms with Crippen LogP contribution in [-0.2, 0) is 17.9 Å². The molecule has 3 rings (SSSR count). The molecule has 28 heavy (non-hydrogen) atoms. The lowest BCUT2D eigenvalue weighted by molar-refractivity contribution is -0.123. The van der Waals surface area contributed by atoms with Crippen molar-refractivity contribution in [2.45, 2.75) is 32.4 Å². The largest absolute Gasteiger partial charge is 0.484 e. The van der Waals surface area contributed by atoms with E-state index in [2.05, 4.69) is 22.3 Å². The minimum absolute atomic E-state index is 0.115. The second-order valence-electron chi connectivity index (χ2n) is 7.06. The quantitative estimate of drug-likeness (QED) is 0.736. The van der Waals surface area contributed by atoms with Gasteiger partial charge in [0.15, 0.2) is 6.61 Å². The van der Waals surface area contributed by atoms with Crippen LogP contribution in [0.5, 0.6) is 5.75 Å². The van der Waals surface area contributed by atoms with E-state index < -0.39 is 5.91 Å². The van der Waals surface area contributed by atoms with Gasteiger partial charge in [0.2, 0.25) is 5.91 Å². The third-order valence-electron chi connectivity index (χ3n) is 4.93. The Balaban J connectivity index is 1.50. The van der Waals surface area contributed by atoms with E-state index in [0.29, 0.717) is 17.9 Å². The molecule has 0 bridgehead atoms. The number of hydrogen-bond acceptors (Lipinski definition) is 4. The van der Waals surface area contributed by atoms with Crippen LogP contribution in [-0.4, -0.2) is 36.4 Å². The molecule has 0 unspecified atom stereocenters. The van der Waals surface area contributed by atoms with Gasteiger partial charge < -0.3 is 15.8 Å². The van der Waals surface area contributed by atoms with Gasteiger partial charge in [-0.05, 0) is 55.3 Å². The van der Waals surface area contributed by atoms with Gasteiger partial charge >= 0.3 is 0 Å². The van der Waals surface area contributed by atoms with E-state index in [1.165, 1.54) is 30.9 Å². The van der Waals surface area contributed by atoms with Gasteiger partial charge in [0.25, 0.3) is 5.91 Å². The molecule has 1 aliphatic rings. The predicted molar refractivity (Wildman–Crippen MR) is 108 cm³/mol. The van der Waals surface area contributed by atoms with Crippen molar-refractivity contribution in [2.24, 2.45) is 5.73 Å². The van der Waals surface area contributed by atoms with Gasteiger partial charge in [-0.25, -0.2) is 0 Å². The van der Waals surface area contributed by atoms with Crippen molar-refractivity contribution in [2.75, 3.05) is 19.7 Å². The maximum atomic E-state index is 12.2. The fourth-order valence-electron chi connectivity index (χ4n) is 3.38. The van der Waals surface area contributed by atoms with Crippen LogP contribution < -0.4 is 15.8 Å². The fourth-order valence-corrected chi connectivity index (χ4v) is 3.38. The van der Waals surface area contributed by atoms with Gasteiger partial charge in [-0.2, -0.15) is 0 Å². The average molecular weight is 381 g/mol. The van der Waals surface area contributed by atoms with E-state index in [1.54, 1.807) is 18.2 Å². The van der Waals surface area contributed by atoms with Crippen molar-refractivity contribution in [3.8, 4) is 5.75 Å². The number of hydrogen-bond donors (Lipinski definition) is 2. The first-order chi connectivity index (χ1) is 13.6. The Morgan fingerprint density at radius 3 is 2.50 bits per heavy atom. The average Bonchev–Trinajstić information content (AvgIpc) is 2.72. The summed E-state index contributed by atoms with van der Waals surface area (Å²) < 4.78 is 5.47.